The van der Waals surface area contributed by atoms with E-state index in [2.05, 4.69) is 33.9 Å². The molecule has 2 nitrogen and oxygen atoms in total. The maximum Gasteiger partial charge on any atom is 0.137 e. The van der Waals surface area contributed by atoms with Crippen LogP contribution in [0.4, 0.5) is 0 Å². The summed E-state index contributed by atoms with van der Waals surface area (Å²) in [6.07, 6.45) is 6.06. The van der Waals surface area contributed by atoms with Crippen molar-refractivity contribution in [1.82, 2.24) is 0 Å². The minimum Gasteiger partial charge on any atom is -0.393 e. The van der Waals surface area contributed by atoms with E-state index in [4.69, 9.17) is 0 Å². The Morgan fingerprint density at radius 2 is 2.05 bits per heavy atom. The van der Waals surface area contributed by atoms with E-state index in [0.717, 1.165) is 31.3 Å². The molecule has 0 heterocycles. The molecular weight excluding hydrogens is 272 g/mol. The molecule has 3 aliphatic rings. The lowest BCUT2D eigenvalue weighted by atomic mass is 9.49. The molecule has 3 saturated carbocycles. The number of hydrogen-bond donors (Lipinski definition) is 1. The van der Waals surface area contributed by atoms with Crippen LogP contribution in [0.1, 0.15) is 52.9 Å². The highest BCUT2D eigenvalue weighted by Gasteiger charge is 2.66. The van der Waals surface area contributed by atoms with E-state index in [-0.39, 0.29) is 22.7 Å². The Labute approximate surface area is 134 Å². The summed E-state index contributed by atoms with van der Waals surface area (Å²) in [4.78, 5) is 12.8. The predicted octanol–water partition coefficient (Wildman–Crippen LogP) is 4.15. The van der Waals surface area contributed by atoms with Gasteiger partial charge in [0.2, 0.25) is 0 Å². The van der Waals surface area contributed by atoms with Gasteiger partial charge in [-0.3, -0.25) is 4.79 Å². The fraction of sp³-hybridized carbons (Fsp3) is 0.750. The third kappa shape index (κ3) is 1.79. The number of allylic oxidation sites excluding steroid dienone is 2. The lowest BCUT2D eigenvalue weighted by molar-refractivity contribution is -0.148. The van der Waals surface area contributed by atoms with Gasteiger partial charge in [-0.1, -0.05) is 45.6 Å². The molecule has 0 radical (unpaired) electrons. The fourth-order valence-electron chi connectivity index (χ4n) is 6.24. The molecule has 122 valence electrons. The molecule has 1 N–H and O–H groups in total. The van der Waals surface area contributed by atoms with Gasteiger partial charge in [-0.05, 0) is 48.9 Å². The number of hydrogen-bond acceptors (Lipinski definition) is 2. The van der Waals surface area contributed by atoms with Gasteiger partial charge >= 0.3 is 0 Å². The van der Waals surface area contributed by atoms with Crippen LogP contribution in [0.3, 0.4) is 0 Å². The Bertz CT molecular complexity index is 522. The first kappa shape index (κ1) is 16.0. The zero-order valence-electron chi connectivity index (χ0n) is 14.3. The van der Waals surface area contributed by atoms with Crippen LogP contribution < -0.4 is 0 Å². The summed E-state index contributed by atoms with van der Waals surface area (Å²) in [6.45, 7) is 14.8. The lowest BCUT2D eigenvalue weighted by Gasteiger charge is -2.55. The fourth-order valence-corrected chi connectivity index (χ4v) is 6.24. The van der Waals surface area contributed by atoms with Gasteiger partial charge in [0, 0.05) is 17.8 Å². The summed E-state index contributed by atoms with van der Waals surface area (Å²) in [5, 5.41) is 11.1. The average molecular weight is 302 g/mol. The van der Waals surface area contributed by atoms with E-state index in [9.17, 15) is 9.90 Å². The smallest absolute Gasteiger partial charge is 0.137 e. The molecule has 2 heteroatoms. The number of aliphatic hydroxyl groups is 1. The molecule has 0 aromatic heterocycles. The second kappa shape index (κ2) is 5.06. The highest BCUT2D eigenvalue weighted by molar-refractivity contribution is 5.85. The Balaban J connectivity index is 2.17. The van der Waals surface area contributed by atoms with Gasteiger partial charge in [0.25, 0.3) is 0 Å². The third-order valence-corrected chi connectivity index (χ3v) is 7.90. The Morgan fingerprint density at radius 1 is 1.36 bits per heavy atom. The SMILES string of the molecule is C=CC(=C)[C@@H]1C[C@@H](O)[C@]2(C)[C@H](C)CC[C@]3(CCC(=O)[C@H]32)[C@H]1C. The van der Waals surface area contributed by atoms with Crippen LogP contribution in [-0.2, 0) is 4.79 Å². The molecular formula is C20H30O2. The Hall–Kier alpha value is -0.890. The van der Waals surface area contributed by atoms with Crippen molar-refractivity contribution in [1.29, 1.82) is 0 Å². The van der Waals surface area contributed by atoms with E-state index in [0.29, 0.717) is 24.0 Å². The summed E-state index contributed by atoms with van der Waals surface area (Å²) >= 11 is 0. The molecule has 0 aromatic carbocycles. The second-order valence-corrected chi connectivity index (χ2v) is 8.36. The number of carbonyl (C=O) groups excluding carboxylic acids is 1. The number of aliphatic hydroxyl groups excluding tert-OH is 1. The van der Waals surface area contributed by atoms with Crippen molar-refractivity contribution in [2.75, 3.05) is 0 Å². The largest absolute Gasteiger partial charge is 0.393 e. The summed E-state index contributed by atoms with van der Waals surface area (Å²) in [6, 6.07) is 0. The predicted molar refractivity (Wildman–Crippen MR) is 89.3 cm³/mol. The molecule has 0 aliphatic heterocycles. The van der Waals surface area contributed by atoms with Crippen molar-refractivity contribution in [2.24, 2.45) is 34.5 Å². The topological polar surface area (TPSA) is 37.3 Å². The Morgan fingerprint density at radius 3 is 2.68 bits per heavy atom. The number of Topliss-reactive ketones (excluding diaryl/α,β-unsaturated/α-hetero) is 1. The monoisotopic (exact) mass is 302 g/mol. The van der Waals surface area contributed by atoms with Crippen LogP contribution in [0, 0.1) is 34.5 Å². The number of ketones is 1. The first-order valence-corrected chi connectivity index (χ1v) is 8.81. The molecule has 7 atom stereocenters. The minimum atomic E-state index is -0.430. The van der Waals surface area contributed by atoms with Gasteiger partial charge < -0.3 is 5.11 Å². The van der Waals surface area contributed by atoms with Crippen LogP contribution in [-0.4, -0.2) is 17.0 Å². The number of rotatable bonds is 2. The molecule has 3 rings (SSSR count). The molecule has 2 bridgehead atoms. The van der Waals surface area contributed by atoms with Gasteiger partial charge in [-0.25, -0.2) is 0 Å². The zero-order valence-corrected chi connectivity index (χ0v) is 14.3. The van der Waals surface area contributed by atoms with Crippen LogP contribution in [0.2, 0.25) is 0 Å². The third-order valence-electron chi connectivity index (χ3n) is 7.90. The normalized spacial score (nSPS) is 51.1. The standard InChI is InChI=1S/C20H30O2/c1-6-12(2)15-11-17(22)19(5)13(3)7-9-20(14(15)4)10-8-16(21)18(19)20/h6,13-15,17-18,22H,1-2,7-11H2,3-5H3/t13-,14+,15+,17-,18+,19+,20+/m1/s1. The van der Waals surface area contributed by atoms with Crippen LogP contribution in [0.15, 0.2) is 24.8 Å². The number of carbonyl (C=O) groups is 1. The molecule has 0 spiro atoms. The van der Waals surface area contributed by atoms with Crippen molar-refractivity contribution in [2.45, 2.75) is 59.0 Å². The summed E-state index contributed by atoms with van der Waals surface area (Å²) in [7, 11) is 0. The molecule has 0 aromatic rings. The highest BCUT2D eigenvalue weighted by Crippen LogP contribution is 2.68. The second-order valence-electron chi connectivity index (χ2n) is 8.36. The summed E-state index contributed by atoms with van der Waals surface area (Å²) in [5.74, 6) is 1.44. The van der Waals surface area contributed by atoms with Crippen LogP contribution in [0.5, 0.6) is 0 Å². The van der Waals surface area contributed by atoms with E-state index >= 15 is 0 Å². The first-order valence-electron chi connectivity index (χ1n) is 8.81. The minimum absolute atomic E-state index is 0.0244. The molecule has 3 aliphatic carbocycles. The van der Waals surface area contributed by atoms with Gasteiger partial charge in [0.05, 0.1) is 6.10 Å². The molecule has 3 fully saturated rings. The molecule has 0 unspecified atom stereocenters. The van der Waals surface area contributed by atoms with Crippen LogP contribution in [0.25, 0.3) is 0 Å². The van der Waals surface area contributed by atoms with Crippen molar-refractivity contribution in [3.63, 3.8) is 0 Å². The molecule has 0 saturated heterocycles. The zero-order chi connectivity index (χ0) is 16.3. The van der Waals surface area contributed by atoms with Gasteiger partial charge in [0.15, 0.2) is 0 Å². The quantitative estimate of drug-likeness (QED) is 0.778. The van der Waals surface area contributed by atoms with Gasteiger partial charge in [-0.2, -0.15) is 0 Å². The van der Waals surface area contributed by atoms with Crippen molar-refractivity contribution >= 4 is 5.78 Å². The summed E-state index contributed by atoms with van der Waals surface area (Å²) < 4.78 is 0. The van der Waals surface area contributed by atoms with E-state index in [1.807, 2.05) is 6.08 Å². The highest BCUT2D eigenvalue weighted by atomic mass is 16.3. The van der Waals surface area contributed by atoms with Gasteiger partial charge in [0.1, 0.15) is 5.78 Å². The maximum atomic E-state index is 12.8. The van der Waals surface area contributed by atoms with Gasteiger partial charge in [-0.15, -0.1) is 0 Å². The average Bonchev–Trinajstić information content (AvgIpc) is 2.83. The van der Waals surface area contributed by atoms with Crippen molar-refractivity contribution in [3.05, 3.63) is 24.8 Å². The van der Waals surface area contributed by atoms with E-state index < -0.39 is 6.10 Å². The maximum absolute atomic E-state index is 12.8. The Kier molecular flexibility index (Phi) is 3.67. The lowest BCUT2D eigenvalue weighted by Crippen LogP contribution is -2.54. The summed E-state index contributed by atoms with van der Waals surface area (Å²) in [5.41, 5.74) is 0.811. The first-order chi connectivity index (χ1) is 10.3. The van der Waals surface area contributed by atoms with Crippen molar-refractivity contribution < 1.29 is 9.90 Å². The van der Waals surface area contributed by atoms with E-state index in [1.165, 1.54) is 0 Å². The molecule has 0 amide bonds. The molecule has 22 heavy (non-hydrogen) atoms. The van der Waals surface area contributed by atoms with E-state index in [1.54, 1.807) is 0 Å². The van der Waals surface area contributed by atoms with Crippen molar-refractivity contribution in [3.8, 4) is 0 Å². The van der Waals surface area contributed by atoms with Crippen LogP contribution >= 0.6 is 0 Å².